The molecule has 0 aliphatic carbocycles. The molecule has 1 fully saturated rings. The normalized spacial score (nSPS) is 19.2. The zero-order chi connectivity index (χ0) is 18.0. The van der Waals surface area contributed by atoms with E-state index >= 15 is 0 Å². The molecule has 1 aliphatic rings. The fourth-order valence-corrected chi connectivity index (χ4v) is 2.39. The maximum atomic E-state index is 13.2. The minimum Gasteiger partial charge on any atom is -0.324 e. The third-order valence-electron chi connectivity index (χ3n) is 3.68. The summed E-state index contributed by atoms with van der Waals surface area (Å²) in [7, 11) is 0. The van der Waals surface area contributed by atoms with Gasteiger partial charge >= 0.3 is 6.03 Å². The van der Waals surface area contributed by atoms with Crippen LogP contribution in [0, 0.1) is 17.6 Å². The van der Waals surface area contributed by atoms with Gasteiger partial charge in [-0.05, 0) is 24.6 Å². The Morgan fingerprint density at radius 2 is 1.96 bits per heavy atom. The standard InChI is InChI=1S/C15H15F2N3O4/c1-2-20-14(23)12(13(22)19-15(20)24)11(21)6-10(18)7-3-4-8(16)9(17)5-7/h3-5,10,12H,2,6,18H2,1H3,(H,19,22,24)/t10-,12?/m1/s1. The number of carbonyl (C=O) groups excluding carboxylic acids is 4. The average Bonchev–Trinajstić information content (AvgIpc) is 2.49. The molecule has 0 saturated carbocycles. The van der Waals surface area contributed by atoms with Crippen LogP contribution in [-0.2, 0) is 14.4 Å². The van der Waals surface area contributed by atoms with Crippen LogP contribution in [0.2, 0.25) is 0 Å². The molecule has 1 aliphatic heterocycles. The lowest BCUT2D eigenvalue weighted by Crippen LogP contribution is -2.59. The average molecular weight is 339 g/mol. The van der Waals surface area contributed by atoms with Crippen molar-refractivity contribution < 1.29 is 28.0 Å². The van der Waals surface area contributed by atoms with Crippen molar-refractivity contribution in [3.05, 3.63) is 35.4 Å². The molecule has 128 valence electrons. The van der Waals surface area contributed by atoms with E-state index in [0.717, 1.165) is 17.0 Å². The molecule has 1 aromatic carbocycles. The van der Waals surface area contributed by atoms with Crippen molar-refractivity contribution in [2.45, 2.75) is 19.4 Å². The van der Waals surface area contributed by atoms with Gasteiger partial charge in [0.2, 0.25) is 5.91 Å². The van der Waals surface area contributed by atoms with Crippen LogP contribution in [0.15, 0.2) is 18.2 Å². The molecule has 0 bridgehead atoms. The van der Waals surface area contributed by atoms with Gasteiger partial charge in [-0.3, -0.25) is 24.6 Å². The zero-order valence-corrected chi connectivity index (χ0v) is 12.7. The van der Waals surface area contributed by atoms with Crippen molar-refractivity contribution in [3.8, 4) is 0 Å². The number of hydrogen-bond acceptors (Lipinski definition) is 5. The van der Waals surface area contributed by atoms with Gasteiger partial charge in [0.05, 0.1) is 0 Å². The predicted molar refractivity (Wildman–Crippen MR) is 77.3 cm³/mol. The van der Waals surface area contributed by atoms with Gasteiger partial charge in [0.15, 0.2) is 23.3 Å². The summed E-state index contributed by atoms with van der Waals surface area (Å²) in [6.07, 6.45) is -0.444. The van der Waals surface area contributed by atoms with Crippen LogP contribution in [0.4, 0.5) is 13.6 Å². The second kappa shape index (κ2) is 6.83. The fraction of sp³-hybridized carbons (Fsp3) is 0.333. The first-order valence-electron chi connectivity index (χ1n) is 7.15. The number of carbonyl (C=O) groups is 4. The van der Waals surface area contributed by atoms with Crippen LogP contribution in [0.1, 0.15) is 24.9 Å². The summed E-state index contributed by atoms with van der Waals surface area (Å²) in [5, 5.41) is 1.93. The number of Topliss-reactive ketones (excluding diaryl/α,β-unsaturated/α-hetero) is 1. The van der Waals surface area contributed by atoms with Crippen molar-refractivity contribution >= 4 is 23.6 Å². The number of benzene rings is 1. The summed E-state index contributed by atoms with van der Waals surface area (Å²) in [4.78, 5) is 48.4. The first kappa shape index (κ1) is 17.7. The van der Waals surface area contributed by atoms with Gasteiger partial charge < -0.3 is 5.73 Å². The highest BCUT2D eigenvalue weighted by Crippen LogP contribution is 2.21. The molecule has 1 unspecified atom stereocenters. The number of nitrogens with two attached hydrogens (primary N) is 1. The highest BCUT2D eigenvalue weighted by Gasteiger charge is 2.44. The Bertz CT molecular complexity index is 723. The summed E-state index contributed by atoms with van der Waals surface area (Å²) in [6, 6.07) is 1.01. The molecule has 9 heteroatoms. The van der Waals surface area contributed by atoms with Gasteiger partial charge in [0.25, 0.3) is 5.91 Å². The summed E-state index contributed by atoms with van der Waals surface area (Å²) in [6.45, 7) is 1.51. The first-order valence-corrected chi connectivity index (χ1v) is 7.15. The lowest BCUT2D eigenvalue weighted by Gasteiger charge is -2.28. The second-order valence-electron chi connectivity index (χ2n) is 5.26. The van der Waals surface area contributed by atoms with Crippen LogP contribution >= 0.6 is 0 Å². The summed E-state index contributed by atoms with van der Waals surface area (Å²) in [5.41, 5.74) is 5.92. The summed E-state index contributed by atoms with van der Waals surface area (Å²) < 4.78 is 26.1. The number of halogens is 2. The lowest BCUT2D eigenvalue weighted by atomic mass is 9.92. The van der Waals surface area contributed by atoms with E-state index in [2.05, 4.69) is 0 Å². The lowest BCUT2D eigenvalue weighted by molar-refractivity contribution is -0.147. The molecule has 4 amide bonds. The van der Waals surface area contributed by atoms with Crippen molar-refractivity contribution in [2.24, 2.45) is 11.7 Å². The number of barbiturate groups is 1. The van der Waals surface area contributed by atoms with E-state index in [1.807, 2.05) is 5.32 Å². The molecule has 24 heavy (non-hydrogen) atoms. The smallest absolute Gasteiger partial charge is 0.324 e. The van der Waals surface area contributed by atoms with Crippen molar-refractivity contribution in [2.75, 3.05) is 6.54 Å². The Kier molecular flexibility index (Phi) is 5.03. The van der Waals surface area contributed by atoms with Gasteiger partial charge in [-0.25, -0.2) is 13.6 Å². The number of urea groups is 1. The minimum absolute atomic E-state index is 0.00302. The van der Waals surface area contributed by atoms with Crippen molar-refractivity contribution in [1.29, 1.82) is 0 Å². The number of nitrogens with zero attached hydrogens (tertiary/aromatic N) is 1. The quantitative estimate of drug-likeness (QED) is 0.765. The molecule has 1 aromatic rings. The van der Waals surface area contributed by atoms with E-state index in [0.29, 0.717) is 0 Å². The second-order valence-corrected chi connectivity index (χ2v) is 5.26. The first-order chi connectivity index (χ1) is 11.3. The predicted octanol–water partition coefficient (Wildman–Crippen LogP) is 0.638. The van der Waals surface area contributed by atoms with Crippen LogP contribution in [0.3, 0.4) is 0 Å². The Labute approximate surface area is 135 Å². The third-order valence-corrected chi connectivity index (χ3v) is 3.68. The monoisotopic (exact) mass is 339 g/mol. The number of amides is 4. The Balaban J connectivity index is 2.15. The summed E-state index contributed by atoms with van der Waals surface area (Å²) >= 11 is 0. The van der Waals surface area contributed by atoms with Gasteiger partial charge in [0.1, 0.15) is 0 Å². The van der Waals surface area contributed by atoms with Crippen molar-refractivity contribution in [1.82, 2.24) is 10.2 Å². The number of rotatable bonds is 5. The van der Waals surface area contributed by atoms with Crippen LogP contribution in [0.25, 0.3) is 0 Å². The molecule has 1 heterocycles. The Morgan fingerprint density at radius 1 is 1.29 bits per heavy atom. The molecular weight excluding hydrogens is 324 g/mol. The molecule has 0 spiro atoms. The van der Waals surface area contributed by atoms with E-state index in [1.54, 1.807) is 0 Å². The van der Waals surface area contributed by atoms with E-state index in [4.69, 9.17) is 5.73 Å². The maximum absolute atomic E-state index is 13.2. The molecule has 2 atom stereocenters. The highest BCUT2D eigenvalue weighted by atomic mass is 19.2. The Morgan fingerprint density at radius 3 is 2.54 bits per heavy atom. The number of ketones is 1. The topological polar surface area (TPSA) is 110 Å². The molecular formula is C15H15F2N3O4. The van der Waals surface area contributed by atoms with Crippen molar-refractivity contribution in [3.63, 3.8) is 0 Å². The largest absolute Gasteiger partial charge is 0.330 e. The van der Waals surface area contributed by atoms with Gasteiger partial charge in [-0.2, -0.15) is 0 Å². The van der Waals surface area contributed by atoms with Crippen LogP contribution < -0.4 is 11.1 Å². The van der Waals surface area contributed by atoms with Gasteiger partial charge in [0, 0.05) is 19.0 Å². The van der Waals surface area contributed by atoms with E-state index < -0.39 is 53.6 Å². The fourth-order valence-electron chi connectivity index (χ4n) is 2.39. The number of imide groups is 2. The molecule has 0 aromatic heterocycles. The minimum atomic E-state index is -1.68. The molecule has 3 N–H and O–H groups in total. The van der Waals surface area contributed by atoms with E-state index in [1.165, 1.54) is 13.0 Å². The number of hydrogen-bond donors (Lipinski definition) is 2. The van der Waals surface area contributed by atoms with Crippen LogP contribution in [0.5, 0.6) is 0 Å². The molecule has 2 rings (SSSR count). The highest BCUT2D eigenvalue weighted by molar-refractivity contribution is 6.26. The van der Waals surface area contributed by atoms with E-state index in [-0.39, 0.29) is 12.1 Å². The van der Waals surface area contributed by atoms with Gasteiger partial charge in [-0.15, -0.1) is 0 Å². The van der Waals surface area contributed by atoms with Gasteiger partial charge in [-0.1, -0.05) is 6.07 Å². The molecule has 1 saturated heterocycles. The third kappa shape index (κ3) is 3.30. The zero-order valence-electron chi connectivity index (χ0n) is 12.7. The van der Waals surface area contributed by atoms with Crippen LogP contribution in [-0.4, -0.2) is 35.1 Å². The molecule has 7 nitrogen and oxygen atoms in total. The maximum Gasteiger partial charge on any atom is 0.330 e. The number of nitrogens with one attached hydrogen (secondary N) is 1. The SMILES string of the molecule is CCN1C(=O)NC(=O)C(C(=O)C[C@@H](N)c2ccc(F)c(F)c2)C1=O. The molecule has 0 radical (unpaired) electrons. The summed E-state index contributed by atoms with van der Waals surface area (Å²) in [5.74, 6) is -6.61. The van der Waals surface area contributed by atoms with E-state index in [9.17, 15) is 28.0 Å². The Hall–Kier alpha value is -2.68.